The van der Waals surface area contributed by atoms with Gasteiger partial charge >= 0.3 is 0 Å². The fraction of sp³-hybridized carbons (Fsp3) is 0.538. The first-order chi connectivity index (χ1) is 8.37. The Morgan fingerprint density at radius 3 is 2.33 bits per heavy atom. The summed E-state index contributed by atoms with van der Waals surface area (Å²) in [4.78, 5) is 0.353. The van der Waals surface area contributed by atoms with Gasteiger partial charge in [0.05, 0.1) is 4.90 Å². The minimum absolute atomic E-state index is 0.327. The zero-order valence-corrected chi connectivity index (χ0v) is 11.7. The molecule has 1 heterocycles. The van der Waals surface area contributed by atoms with E-state index in [1.165, 1.54) is 4.31 Å². The molecule has 1 fully saturated rings. The molecule has 1 aromatic rings. The van der Waals surface area contributed by atoms with E-state index in [0.29, 0.717) is 18.0 Å². The van der Waals surface area contributed by atoms with E-state index in [1.807, 2.05) is 19.1 Å². The average molecular weight is 268 g/mol. The minimum Gasteiger partial charge on any atom is -0.323 e. The third-order valence-corrected chi connectivity index (χ3v) is 5.20. The van der Waals surface area contributed by atoms with Crippen LogP contribution in [0.1, 0.15) is 25.3 Å². The first kappa shape index (κ1) is 13.5. The zero-order chi connectivity index (χ0) is 13.4. The Bertz CT molecular complexity index is 516. The summed E-state index contributed by atoms with van der Waals surface area (Å²) in [7, 11) is -3.36. The predicted molar refractivity (Wildman–Crippen MR) is 71.8 cm³/mol. The van der Waals surface area contributed by atoms with E-state index in [9.17, 15) is 8.42 Å². The normalized spacial score (nSPS) is 19.5. The summed E-state index contributed by atoms with van der Waals surface area (Å²) in [5, 5.41) is 0. The van der Waals surface area contributed by atoms with Crippen LogP contribution in [0.4, 0.5) is 0 Å². The summed E-state index contributed by atoms with van der Waals surface area (Å²) in [6.45, 7) is 4.85. The molecule has 0 atom stereocenters. The molecule has 0 amide bonds. The van der Waals surface area contributed by atoms with Crippen molar-refractivity contribution >= 4 is 10.0 Å². The minimum atomic E-state index is -3.36. The third-order valence-electron chi connectivity index (χ3n) is 3.39. The number of hydrogen-bond acceptors (Lipinski definition) is 3. The molecule has 1 aliphatic heterocycles. The van der Waals surface area contributed by atoms with E-state index in [-0.39, 0.29) is 5.54 Å². The lowest BCUT2D eigenvalue weighted by atomic mass is 9.89. The zero-order valence-electron chi connectivity index (χ0n) is 10.9. The molecule has 1 aliphatic rings. The van der Waals surface area contributed by atoms with Crippen LogP contribution in [0.25, 0.3) is 0 Å². The summed E-state index contributed by atoms with van der Waals surface area (Å²) >= 11 is 0. The Balaban J connectivity index is 2.13. The monoisotopic (exact) mass is 268 g/mol. The second-order valence-corrected chi connectivity index (χ2v) is 7.14. The molecule has 1 aromatic carbocycles. The van der Waals surface area contributed by atoms with Gasteiger partial charge in [0.15, 0.2) is 0 Å². The molecule has 0 saturated carbocycles. The Morgan fingerprint density at radius 2 is 1.83 bits per heavy atom. The maximum absolute atomic E-state index is 12.3. The van der Waals surface area contributed by atoms with Gasteiger partial charge in [-0.05, 0) is 25.5 Å². The van der Waals surface area contributed by atoms with E-state index in [4.69, 9.17) is 5.73 Å². The van der Waals surface area contributed by atoms with Crippen molar-refractivity contribution in [1.29, 1.82) is 0 Å². The first-order valence-electron chi connectivity index (χ1n) is 6.23. The molecule has 2 N–H and O–H groups in total. The molecule has 1 saturated heterocycles. The van der Waals surface area contributed by atoms with Gasteiger partial charge in [-0.2, -0.15) is 4.31 Å². The van der Waals surface area contributed by atoms with Crippen molar-refractivity contribution in [2.45, 2.75) is 37.1 Å². The van der Waals surface area contributed by atoms with Gasteiger partial charge in [-0.25, -0.2) is 8.42 Å². The lowest BCUT2D eigenvalue weighted by Crippen LogP contribution is -2.68. The number of aryl methyl sites for hydroxylation is 1. The van der Waals surface area contributed by atoms with Gasteiger partial charge < -0.3 is 5.73 Å². The molecule has 2 rings (SSSR count). The van der Waals surface area contributed by atoms with Gasteiger partial charge in [-0.15, -0.1) is 0 Å². The summed E-state index contributed by atoms with van der Waals surface area (Å²) < 4.78 is 26.0. The van der Waals surface area contributed by atoms with Crippen molar-refractivity contribution in [1.82, 2.24) is 4.31 Å². The quantitative estimate of drug-likeness (QED) is 0.900. The van der Waals surface area contributed by atoms with Gasteiger partial charge in [-0.3, -0.25) is 0 Å². The Kier molecular flexibility index (Phi) is 3.49. The summed E-state index contributed by atoms with van der Waals surface area (Å²) in [6.07, 6.45) is 1.85. The fourth-order valence-electron chi connectivity index (χ4n) is 2.34. The fourth-order valence-corrected chi connectivity index (χ4v) is 3.97. The highest BCUT2D eigenvalue weighted by Gasteiger charge is 2.44. The number of nitrogens with zero attached hydrogens (tertiary/aromatic N) is 1. The molecule has 0 aliphatic carbocycles. The largest absolute Gasteiger partial charge is 0.323 e. The number of sulfonamides is 1. The SMILES string of the molecule is CCCC1(N)CN(S(=O)(=O)c2ccc(C)cc2)C1. The average Bonchev–Trinajstić information content (AvgIpc) is 2.26. The molecule has 0 aromatic heterocycles. The van der Waals surface area contributed by atoms with Gasteiger partial charge in [0, 0.05) is 18.6 Å². The topological polar surface area (TPSA) is 63.4 Å². The summed E-state index contributed by atoms with van der Waals surface area (Å²) in [6, 6.07) is 6.94. The van der Waals surface area contributed by atoms with Crippen LogP contribution < -0.4 is 5.73 Å². The maximum Gasteiger partial charge on any atom is 0.243 e. The number of rotatable bonds is 4. The van der Waals surface area contributed by atoms with Gasteiger partial charge in [0.25, 0.3) is 0 Å². The molecule has 18 heavy (non-hydrogen) atoms. The van der Waals surface area contributed by atoms with E-state index >= 15 is 0 Å². The molecule has 0 radical (unpaired) electrons. The van der Waals surface area contributed by atoms with Crippen molar-refractivity contribution in [3.63, 3.8) is 0 Å². The molecular weight excluding hydrogens is 248 g/mol. The van der Waals surface area contributed by atoms with E-state index in [1.54, 1.807) is 12.1 Å². The molecule has 4 nitrogen and oxygen atoms in total. The summed E-state index contributed by atoms with van der Waals surface area (Å²) in [5.41, 5.74) is 6.82. The van der Waals surface area contributed by atoms with Crippen molar-refractivity contribution < 1.29 is 8.42 Å². The highest BCUT2D eigenvalue weighted by atomic mass is 32.2. The van der Waals surface area contributed by atoms with E-state index < -0.39 is 10.0 Å². The number of benzene rings is 1. The molecule has 0 bridgehead atoms. The molecule has 0 spiro atoms. The van der Waals surface area contributed by atoms with Crippen LogP contribution in [-0.4, -0.2) is 31.4 Å². The van der Waals surface area contributed by atoms with Crippen LogP contribution in [0.3, 0.4) is 0 Å². The van der Waals surface area contributed by atoms with Crippen LogP contribution in [0, 0.1) is 6.92 Å². The standard InChI is InChI=1S/C13H20N2O2S/c1-3-8-13(14)9-15(10-13)18(16,17)12-6-4-11(2)5-7-12/h4-7H,3,8-10,14H2,1-2H3. The highest BCUT2D eigenvalue weighted by molar-refractivity contribution is 7.89. The smallest absolute Gasteiger partial charge is 0.243 e. The molecule has 100 valence electrons. The van der Waals surface area contributed by atoms with Crippen LogP contribution in [0.5, 0.6) is 0 Å². The predicted octanol–water partition coefficient (Wildman–Crippen LogP) is 1.50. The Labute approximate surface area is 109 Å². The van der Waals surface area contributed by atoms with Gasteiger partial charge in [-0.1, -0.05) is 31.0 Å². The van der Waals surface area contributed by atoms with Crippen molar-refractivity contribution in [3.8, 4) is 0 Å². The summed E-state index contributed by atoms with van der Waals surface area (Å²) in [5.74, 6) is 0. The maximum atomic E-state index is 12.3. The van der Waals surface area contributed by atoms with Crippen LogP contribution in [-0.2, 0) is 10.0 Å². The van der Waals surface area contributed by atoms with Crippen LogP contribution in [0.2, 0.25) is 0 Å². The van der Waals surface area contributed by atoms with Crippen molar-refractivity contribution in [3.05, 3.63) is 29.8 Å². The van der Waals surface area contributed by atoms with Crippen molar-refractivity contribution in [2.24, 2.45) is 5.73 Å². The second kappa shape index (κ2) is 4.64. The Hall–Kier alpha value is -0.910. The van der Waals surface area contributed by atoms with Crippen LogP contribution >= 0.6 is 0 Å². The first-order valence-corrected chi connectivity index (χ1v) is 7.67. The Morgan fingerprint density at radius 1 is 1.28 bits per heavy atom. The van der Waals surface area contributed by atoms with Gasteiger partial charge in [0.2, 0.25) is 10.0 Å². The van der Waals surface area contributed by atoms with Crippen LogP contribution in [0.15, 0.2) is 29.2 Å². The van der Waals surface area contributed by atoms with E-state index in [0.717, 1.165) is 18.4 Å². The van der Waals surface area contributed by atoms with E-state index in [2.05, 4.69) is 6.92 Å². The third kappa shape index (κ3) is 2.43. The second-order valence-electron chi connectivity index (χ2n) is 5.20. The number of nitrogens with two attached hydrogens (primary N) is 1. The molecule has 0 unspecified atom stereocenters. The number of hydrogen-bond donors (Lipinski definition) is 1. The lowest BCUT2D eigenvalue weighted by molar-refractivity contribution is 0.147. The lowest BCUT2D eigenvalue weighted by Gasteiger charge is -2.46. The highest BCUT2D eigenvalue weighted by Crippen LogP contribution is 2.29. The van der Waals surface area contributed by atoms with Crippen molar-refractivity contribution in [2.75, 3.05) is 13.1 Å². The molecular formula is C13H20N2O2S. The van der Waals surface area contributed by atoms with Gasteiger partial charge in [0.1, 0.15) is 0 Å². The molecule has 5 heteroatoms.